The van der Waals surface area contributed by atoms with Gasteiger partial charge in [-0.05, 0) is 49.9 Å². The zero-order chi connectivity index (χ0) is 15.6. The number of hydrogen-bond donors (Lipinski definition) is 1. The maximum absolute atomic E-state index is 12.4. The molecule has 1 aromatic carbocycles. The van der Waals surface area contributed by atoms with E-state index in [0.717, 1.165) is 6.42 Å². The Morgan fingerprint density at radius 1 is 1.05 bits per heavy atom. The lowest BCUT2D eigenvalue weighted by Crippen LogP contribution is -2.45. The highest BCUT2D eigenvalue weighted by Gasteiger charge is 2.30. The molecule has 114 valence electrons. The first kappa shape index (κ1) is 17.0. The van der Waals surface area contributed by atoms with Crippen LogP contribution >= 0.6 is 0 Å². The van der Waals surface area contributed by atoms with Crippen LogP contribution in [0.1, 0.15) is 41.0 Å². The van der Waals surface area contributed by atoms with Crippen LogP contribution in [0.15, 0.2) is 29.2 Å². The van der Waals surface area contributed by atoms with Gasteiger partial charge in [0, 0.05) is 5.54 Å². The van der Waals surface area contributed by atoms with Crippen molar-refractivity contribution in [2.24, 2.45) is 5.41 Å². The molecule has 0 saturated heterocycles. The van der Waals surface area contributed by atoms with Crippen molar-refractivity contribution in [2.75, 3.05) is 7.11 Å². The van der Waals surface area contributed by atoms with Gasteiger partial charge < -0.3 is 4.74 Å². The average molecular weight is 299 g/mol. The van der Waals surface area contributed by atoms with Gasteiger partial charge in [-0.25, -0.2) is 13.1 Å². The van der Waals surface area contributed by atoms with Crippen LogP contribution in [-0.2, 0) is 10.0 Å². The molecule has 20 heavy (non-hydrogen) atoms. The molecule has 1 rings (SSSR count). The minimum absolute atomic E-state index is 0.0475. The molecule has 0 heterocycles. The smallest absolute Gasteiger partial charge is 0.241 e. The van der Waals surface area contributed by atoms with Gasteiger partial charge in [0.05, 0.1) is 12.0 Å². The monoisotopic (exact) mass is 299 g/mol. The normalized spacial score (nSPS) is 13.3. The molecule has 0 aliphatic rings. The molecule has 0 aliphatic carbocycles. The van der Waals surface area contributed by atoms with Crippen LogP contribution in [0.25, 0.3) is 0 Å². The zero-order valence-electron chi connectivity index (χ0n) is 13.1. The maximum atomic E-state index is 12.4. The van der Waals surface area contributed by atoms with Gasteiger partial charge in [-0.1, -0.05) is 20.8 Å². The Morgan fingerprint density at radius 3 is 1.95 bits per heavy atom. The number of rotatable bonds is 5. The van der Waals surface area contributed by atoms with Crippen molar-refractivity contribution in [3.63, 3.8) is 0 Å². The SMILES string of the molecule is COc1ccc(S(=O)(=O)NC(C)(C)CC(C)(C)C)cc1. The number of nitrogens with one attached hydrogen (secondary N) is 1. The topological polar surface area (TPSA) is 55.4 Å². The van der Waals surface area contributed by atoms with Crippen molar-refractivity contribution in [3.8, 4) is 5.75 Å². The first-order chi connectivity index (χ1) is 8.95. The molecular formula is C15H25NO3S. The Kier molecular flexibility index (Phi) is 4.87. The Morgan fingerprint density at radius 2 is 1.55 bits per heavy atom. The van der Waals surface area contributed by atoms with Gasteiger partial charge in [0.15, 0.2) is 0 Å². The van der Waals surface area contributed by atoms with Crippen LogP contribution in [-0.4, -0.2) is 21.1 Å². The number of hydrogen-bond acceptors (Lipinski definition) is 3. The fraction of sp³-hybridized carbons (Fsp3) is 0.600. The Balaban J connectivity index is 2.93. The van der Waals surface area contributed by atoms with Gasteiger partial charge in [0.2, 0.25) is 10.0 Å². The highest BCUT2D eigenvalue weighted by molar-refractivity contribution is 7.89. The summed E-state index contributed by atoms with van der Waals surface area (Å²) in [5, 5.41) is 0. The molecule has 5 heteroatoms. The van der Waals surface area contributed by atoms with E-state index in [1.54, 1.807) is 31.4 Å². The third-order valence-electron chi connectivity index (χ3n) is 2.75. The minimum atomic E-state index is -3.52. The van der Waals surface area contributed by atoms with Gasteiger partial charge in [0.1, 0.15) is 5.75 Å². The van der Waals surface area contributed by atoms with E-state index in [4.69, 9.17) is 4.74 Å². The lowest BCUT2D eigenvalue weighted by Gasteiger charge is -2.32. The van der Waals surface area contributed by atoms with Crippen molar-refractivity contribution in [1.82, 2.24) is 4.72 Å². The van der Waals surface area contributed by atoms with Crippen molar-refractivity contribution in [3.05, 3.63) is 24.3 Å². The lowest BCUT2D eigenvalue weighted by molar-refractivity contribution is 0.269. The highest BCUT2D eigenvalue weighted by atomic mass is 32.2. The van der Waals surface area contributed by atoms with Crippen molar-refractivity contribution >= 4 is 10.0 Å². The van der Waals surface area contributed by atoms with Crippen molar-refractivity contribution < 1.29 is 13.2 Å². The average Bonchev–Trinajstić information content (AvgIpc) is 2.24. The van der Waals surface area contributed by atoms with E-state index >= 15 is 0 Å². The van der Waals surface area contributed by atoms with Crippen LogP contribution in [0.3, 0.4) is 0 Å². The quantitative estimate of drug-likeness (QED) is 0.908. The summed E-state index contributed by atoms with van der Waals surface area (Å²) >= 11 is 0. The number of ether oxygens (including phenoxy) is 1. The summed E-state index contributed by atoms with van der Waals surface area (Å²) in [4.78, 5) is 0.250. The fourth-order valence-corrected chi connectivity index (χ4v) is 3.95. The zero-order valence-corrected chi connectivity index (χ0v) is 14.0. The molecular weight excluding hydrogens is 274 g/mol. The molecule has 0 radical (unpaired) electrons. The molecule has 1 N–H and O–H groups in total. The first-order valence-electron chi connectivity index (χ1n) is 6.63. The van der Waals surface area contributed by atoms with Gasteiger partial charge in [-0.3, -0.25) is 0 Å². The molecule has 0 bridgehead atoms. The van der Waals surface area contributed by atoms with Crippen LogP contribution in [0.5, 0.6) is 5.75 Å². The standard InChI is InChI=1S/C15H25NO3S/c1-14(2,3)11-15(4,5)16-20(17,18)13-9-7-12(19-6)8-10-13/h7-10,16H,11H2,1-6H3. The van der Waals surface area contributed by atoms with E-state index in [9.17, 15) is 8.42 Å². The minimum Gasteiger partial charge on any atom is -0.497 e. The van der Waals surface area contributed by atoms with Crippen molar-refractivity contribution in [2.45, 2.75) is 51.5 Å². The second-order valence-electron chi connectivity index (χ2n) is 6.90. The number of benzene rings is 1. The predicted octanol–water partition coefficient (Wildman–Crippen LogP) is 3.19. The molecule has 1 aromatic rings. The molecule has 0 aromatic heterocycles. The van der Waals surface area contributed by atoms with Crippen LogP contribution in [0, 0.1) is 5.41 Å². The molecule has 0 amide bonds. The molecule has 0 atom stereocenters. The molecule has 0 aliphatic heterocycles. The Bertz CT molecular complexity index is 539. The molecule has 4 nitrogen and oxygen atoms in total. The van der Waals surface area contributed by atoms with E-state index < -0.39 is 15.6 Å². The second kappa shape index (κ2) is 5.74. The number of methoxy groups -OCH3 is 1. The lowest BCUT2D eigenvalue weighted by atomic mass is 9.82. The van der Waals surface area contributed by atoms with E-state index in [1.807, 2.05) is 13.8 Å². The third kappa shape index (κ3) is 5.13. The van der Waals surface area contributed by atoms with Crippen LogP contribution in [0.4, 0.5) is 0 Å². The summed E-state index contributed by atoms with van der Waals surface area (Å²) < 4.78 is 32.6. The van der Waals surface area contributed by atoms with E-state index in [0.29, 0.717) is 5.75 Å². The molecule has 0 spiro atoms. The predicted molar refractivity (Wildman–Crippen MR) is 81.5 cm³/mol. The first-order valence-corrected chi connectivity index (χ1v) is 8.12. The van der Waals surface area contributed by atoms with E-state index in [1.165, 1.54) is 0 Å². The highest BCUT2D eigenvalue weighted by Crippen LogP contribution is 2.28. The van der Waals surface area contributed by atoms with Gasteiger partial charge in [-0.15, -0.1) is 0 Å². The summed E-state index contributed by atoms with van der Waals surface area (Å²) in [6.07, 6.45) is 0.745. The summed E-state index contributed by atoms with van der Waals surface area (Å²) in [7, 11) is -1.97. The van der Waals surface area contributed by atoms with E-state index in [2.05, 4.69) is 25.5 Å². The largest absolute Gasteiger partial charge is 0.497 e. The Labute approximate surface area is 122 Å². The van der Waals surface area contributed by atoms with Gasteiger partial charge >= 0.3 is 0 Å². The summed E-state index contributed by atoms with van der Waals surface area (Å²) in [5.74, 6) is 0.637. The fourth-order valence-electron chi connectivity index (χ4n) is 2.54. The maximum Gasteiger partial charge on any atom is 0.241 e. The second-order valence-corrected chi connectivity index (χ2v) is 8.58. The molecule has 0 saturated carbocycles. The molecule has 0 unspecified atom stereocenters. The van der Waals surface area contributed by atoms with Gasteiger partial charge in [-0.2, -0.15) is 0 Å². The number of sulfonamides is 1. The summed E-state index contributed by atoms with van der Waals surface area (Å²) in [6, 6.07) is 6.39. The molecule has 0 fully saturated rings. The van der Waals surface area contributed by atoms with Gasteiger partial charge in [0.25, 0.3) is 0 Å². The van der Waals surface area contributed by atoms with Crippen molar-refractivity contribution in [1.29, 1.82) is 0 Å². The Hall–Kier alpha value is -1.07. The van der Waals surface area contributed by atoms with Crippen LogP contribution < -0.4 is 9.46 Å². The third-order valence-corrected chi connectivity index (χ3v) is 4.47. The summed E-state index contributed by atoms with van der Waals surface area (Å²) in [6.45, 7) is 10.1. The van der Waals surface area contributed by atoms with Crippen LogP contribution in [0.2, 0.25) is 0 Å². The summed E-state index contributed by atoms with van der Waals surface area (Å²) in [5.41, 5.74) is -0.455. The van der Waals surface area contributed by atoms with E-state index in [-0.39, 0.29) is 10.3 Å².